The average molecular weight is 496 g/mol. The molecule has 4 rings (SSSR count). The second kappa shape index (κ2) is 11.8. The number of aliphatic hydroxyl groups is 1. The summed E-state index contributed by atoms with van der Waals surface area (Å²) in [5, 5.41) is 11.4. The Labute approximate surface area is 213 Å². The van der Waals surface area contributed by atoms with Crippen molar-refractivity contribution in [1.29, 1.82) is 0 Å². The molecule has 1 atom stereocenters. The first-order chi connectivity index (χ1) is 17.3. The second-order valence-electron chi connectivity index (χ2n) is 9.62. The van der Waals surface area contributed by atoms with Crippen molar-refractivity contribution in [2.75, 3.05) is 46.6 Å². The molecule has 1 aliphatic rings. The molecule has 2 aromatic carbocycles. The summed E-state index contributed by atoms with van der Waals surface area (Å²) in [6, 6.07) is 10.1. The second-order valence-corrected chi connectivity index (χ2v) is 9.62. The minimum atomic E-state index is -1.11. The SMILES string of the molecule is COc1cc(CN2CCOC[C@@](O)(COc3cc(C)cc(C)c3C)C2)ccc1OCCn1ccnc1. The van der Waals surface area contributed by atoms with Crippen LogP contribution >= 0.6 is 0 Å². The highest BCUT2D eigenvalue weighted by atomic mass is 16.5. The molecular formula is C28H37N3O5. The quantitative estimate of drug-likeness (QED) is 0.461. The smallest absolute Gasteiger partial charge is 0.161 e. The van der Waals surface area contributed by atoms with Crippen LogP contribution in [0.5, 0.6) is 17.2 Å². The van der Waals surface area contributed by atoms with E-state index in [0.29, 0.717) is 44.3 Å². The van der Waals surface area contributed by atoms with Crippen LogP contribution in [0, 0.1) is 20.8 Å². The van der Waals surface area contributed by atoms with Gasteiger partial charge in [0.15, 0.2) is 11.5 Å². The summed E-state index contributed by atoms with van der Waals surface area (Å²) < 4.78 is 25.4. The summed E-state index contributed by atoms with van der Waals surface area (Å²) in [7, 11) is 1.65. The molecule has 0 aliphatic carbocycles. The molecule has 1 aromatic heterocycles. The molecule has 2 heterocycles. The van der Waals surface area contributed by atoms with E-state index in [0.717, 1.165) is 29.0 Å². The van der Waals surface area contributed by atoms with Crippen molar-refractivity contribution in [1.82, 2.24) is 14.5 Å². The van der Waals surface area contributed by atoms with E-state index >= 15 is 0 Å². The number of aryl methyl sites for hydroxylation is 2. The molecular weight excluding hydrogens is 458 g/mol. The monoisotopic (exact) mass is 495 g/mol. The fourth-order valence-corrected chi connectivity index (χ4v) is 4.45. The van der Waals surface area contributed by atoms with Gasteiger partial charge in [0.05, 0.1) is 33.2 Å². The molecule has 3 aromatic rings. The van der Waals surface area contributed by atoms with E-state index in [1.54, 1.807) is 19.6 Å². The van der Waals surface area contributed by atoms with Crippen LogP contribution in [0.2, 0.25) is 0 Å². The Morgan fingerprint density at radius 2 is 1.94 bits per heavy atom. The highest BCUT2D eigenvalue weighted by Crippen LogP contribution is 2.29. The Hall–Kier alpha value is -3.07. The third-order valence-corrected chi connectivity index (χ3v) is 6.50. The van der Waals surface area contributed by atoms with Gasteiger partial charge in [0.25, 0.3) is 0 Å². The number of aromatic nitrogens is 2. The largest absolute Gasteiger partial charge is 0.493 e. The molecule has 1 fully saturated rings. The van der Waals surface area contributed by atoms with Crippen molar-refractivity contribution in [3.63, 3.8) is 0 Å². The Morgan fingerprint density at radius 1 is 1.08 bits per heavy atom. The van der Waals surface area contributed by atoms with Gasteiger partial charge in [0.1, 0.15) is 24.6 Å². The van der Waals surface area contributed by atoms with Crippen LogP contribution in [0.1, 0.15) is 22.3 Å². The van der Waals surface area contributed by atoms with E-state index in [4.69, 9.17) is 18.9 Å². The van der Waals surface area contributed by atoms with E-state index in [2.05, 4.69) is 29.8 Å². The molecule has 1 aliphatic heterocycles. The number of hydrogen-bond donors (Lipinski definition) is 1. The fourth-order valence-electron chi connectivity index (χ4n) is 4.45. The number of rotatable bonds is 10. The molecule has 0 amide bonds. The van der Waals surface area contributed by atoms with Gasteiger partial charge in [-0.3, -0.25) is 4.90 Å². The predicted octanol–water partition coefficient (Wildman–Crippen LogP) is 3.54. The first kappa shape index (κ1) is 26.0. The van der Waals surface area contributed by atoms with Crippen LogP contribution < -0.4 is 14.2 Å². The Balaban J connectivity index is 1.37. The minimum Gasteiger partial charge on any atom is -0.493 e. The summed E-state index contributed by atoms with van der Waals surface area (Å²) in [4.78, 5) is 6.24. The number of methoxy groups -OCH3 is 1. The lowest BCUT2D eigenvalue weighted by molar-refractivity contribution is -0.0648. The highest BCUT2D eigenvalue weighted by molar-refractivity contribution is 5.43. The third kappa shape index (κ3) is 6.78. The van der Waals surface area contributed by atoms with Crippen molar-refractivity contribution in [2.24, 2.45) is 0 Å². The van der Waals surface area contributed by atoms with Crippen molar-refractivity contribution >= 4 is 0 Å². The van der Waals surface area contributed by atoms with E-state index < -0.39 is 5.60 Å². The number of ether oxygens (including phenoxy) is 4. The zero-order valence-corrected chi connectivity index (χ0v) is 21.7. The topological polar surface area (TPSA) is 78.2 Å². The van der Waals surface area contributed by atoms with Gasteiger partial charge >= 0.3 is 0 Å². The number of nitrogens with zero attached hydrogens (tertiary/aromatic N) is 3. The molecule has 8 nitrogen and oxygen atoms in total. The summed E-state index contributed by atoms with van der Waals surface area (Å²) in [5.74, 6) is 2.20. The van der Waals surface area contributed by atoms with Crippen molar-refractivity contribution in [3.05, 3.63) is 71.3 Å². The summed E-state index contributed by atoms with van der Waals surface area (Å²) >= 11 is 0. The first-order valence-electron chi connectivity index (χ1n) is 12.3. The van der Waals surface area contributed by atoms with E-state index in [-0.39, 0.29) is 13.2 Å². The Kier molecular flexibility index (Phi) is 8.51. The van der Waals surface area contributed by atoms with Gasteiger partial charge in [-0.15, -0.1) is 0 Å². The molecule has 0 bridgehead atoms. The molecule has 0 saturated carbocycles. The van der Waals surface area contributed by atoms with Crippen LogP contribution in [0.15, 0.2) is 49.1 Å². The zero-order chi connectivity index (χ0) is 25.5. The summed E-state index contributed by atoms with van der Waals surface area (Å²) in [5.41, 5.74) is 3.38. The maximum atomic E-state index is 11.4. The van der Waals surface area contributed by atoms with Crippen LogP contribution in [0.4, 0.5) is 0 Å². The van der Waals surface area contributed by atoms with Crippen LogP contribution in [0.3, 0.4) is 0 Å². The zero-order valence-electron chi connectivity index (χ0n) is 21.7. The van der Waals surface area contributed by atoms with Gasteiger partial charge in [-0.25, -0.2) is 4.98 Å². The first-order valence-corrected chi connectivity index (χ1v) is 12.3. The predicted molar refractivity (Wildman–Crippen MR) is 138 cm³/mol. The average Bonchev–Trinajstić information content (AvgIpc) is 3.30. The summed E-state index contributed by atoms with van der Waals surface area (Å²) in [6.45, 7) is 10.2. The van der Waals surface area contributed by atoms with Crippen LogP contribution in [-0.2, 0) is 17.8 Å². The van der Waals surface area contributed by atoms with Crippen molar-refractivity contribution < 1.29 is 24.1 Å². The Morgan fingerprint density at radius 3 is 2.72 bits per heavy atom. The third-order valence-electron chi connectivity index (χ3n) is 6.50. The molecule has 1 N–H and O–H groups in total. The van der Waals surface area contributed by atoms with E-state index in [1.165, 1.54) is 5.56 Å². The molecule has 194 valence electrons. The maximum Gasteiger partial charge on any atom is 0.161 e. The van der Waals surface area contributed by atoms with E-state index in [1.807, 2.05) is 42.0 Å². The number of hydrogen-bond acceptors (Lipinski definition) is 7. The normalized spacial score (nSPS) is 18.6. The molecule has 0 spiro atoms. The van der Waals surface area contributed by atoms with Gasteiger partial charge in [-0.05, 0) is 61.2 Å². The lowest BCUT2D eigenvalue weighted by Gasteiger charge is -2.31. The summed E-state index contributed by atoms with van der Waals surface area (Å²) in [6.07, 6.45) is 5.43. The van der Waals surface area contributed by atoms with Crippen molar-refractivity contribution in [2.45, 2.75) is 39.5 Å². The molecule has 8 heteroatoms. The number of imidazole rings is 1. The maximum absolute atomic E-state index is 11.4. The highest BCUT2D eigenvalue weighted by Gasteiger charge is 2.34. The number of β-amino-alcohol motifs (C(OH)–C–C–N with tert-alkyl or cyclic N) is 1. The van der Waals surface area contributed by atoms with Gasteiger partial charge in [-0.1, -0.05) is 12.1 Å². The lowest BCUT2D eigenvalue weighted by atomic mass is 10.0. The number of benzene rings is 2. The molecule has 1 saturated heterocycles. The van der Waals surface area contributed by atoms with Gasteiger partial charge in [0.2, 0.25) is 0 Å². The molecule has 36 heavy (non-hydrogen) atoms. The standard InChI is InChI=1S/C28H37N3O5/c1-21-13-22(2)23(3)26(14-21)36-19-28(32)17-31(9-11-34-18-28)16-24-5-6-25(27(15-24)33-4)35-12-10-30-8-7-29-20-30/h5-8,13-15,20,32H,9-12,16-19H2,1-4H3/t28-/m1/s1. The van der Waals surface area contributed by atoms with E-state index in [9.17, 15) is 5.11 Å². The van der Waals surface area contributed by atoms with Crippen LogP contribution in [0.25, 0.3) is 0 Å². The van der Waals surface area contributed by atoms with Gasteiger partial charge in [-0.2, -0.15) is 0 Å². The van der Waals surface area contributed by atoms with Gasteiger partial charge < -0.3 is 28.6 Å². The van der Waals surface area contributed by atoms with Crippen LogP contribution in [-0.4, -0.2) is 71.8 Å². The Bertz CT molecular complexity index is 1130. The minimum absolute atomic E-state index is 0.167. The molecule has 0 unspecified atom stereocenters. The molecule has 0 radical (unpaired) electrons. The van der Waals surface area contributed by atoms with Crippen molar-refractivity contribution in [3.8, 4) is 17.2 Å². The lowest BCUT2D eigenvalue weighted by Crippen LogP contribution is -2.48. The fraction of sp³-hybridized carbons (Fsp3) is 0.464. The van der Waals surface area contributed by atoms with Gasteiger partial charge in [0, 0.05) is 32.0 Å².